The van der Waals surface area contributed by atoms with Crippen LogP contribution in [0.5, 0.6) is 5.75 Å². The summed E-state index contributed by atoms with van der Waals surface area (Å²) in [4.78, 5) is 0.0221. The first kappa shape index (κ1) is 20.8. The van der Waals surface area contributed by atoms with E-state index in [1.54, 1.807) is 6.92 Å². The minimum Gasteiger partial charge on any atom is -0.491 e. The van der Waals surface area contributed by atoms with Gasteiger partial charge in [0.2, 0.25) is 10.0 Å². The molecule has 1 aliphatic heterocycles. The van der Waals surface area contributed by atoms with E-state index in [4.69, 9.17) is 27.9 Å². The molecule has 142 valence electrons. The maximum absolute atomic E-state index is 13.0. The van der Waals surface area contributed by atoms with Crippen molar-refractivity contribution in [1.29, 1.82) is 0 Å². The highest BCUT2D eigenvalue weighted by molar-refractivity contribution is 7.89. The number of hydrogen-bond donors (Lipinski definition) is 2. The first-order valence-corrected chi connectivity index (χ1v) is 10.6. The van der Waals surface area contributed by atoms with Crippen LogP contribution in [0.25, 0.3) is 0 Å². The van der Waals surface area contributed by atoms with Gasteiger partial charge < -0.3 is 10.1 Å². The molecule has 0 bridgehead atoms. The fraction of sp³-hybridized carbons (Fsp3) is 0.647. The summed E-state index contributed by atoms with van der Waals surface area (Å²) in [5, 5.41) is 2.68. The third kappa shape index (κ3) is 5.01. The Hall–Kier alpha value is -0.530. The molecule has 0 aliphatic carbocycles. The molecular formula is C17H27Cl2N2O3S+. The highest BCUT2D eigenvalue weighted by Gasteiger charge is 2.43. The Labute approximate surface area is 160 Å². The Kier molecular flexibility index (Phi) is 6.01. The van der Waals surface area contributed by atoms with Crippen LogP contribution >= 0.6 is 23.2 Å². The second-order valence-electron chi connectivity index (χ2n) is 7.97. The minimum absolute atomic E-state index is 0.0221. The fourth-order valence-corrected chi connectivity index (χ4v) is 5.70. The van der Waals surface area contributed by atoms with Gasteiger partial charge in [0.15, 0.2) is 5.75 Å². The SMILES string of the molecule is CCOc1c(S(=O)(=O)NC2CC(C)(C)[NH2+]C(C)(C)C2)ccc(Cl)c1Cl. The molecule has 0 amide bonds. The normalized spacial score (nSPS) is 20.4. The quantitative estimate of drug-likeness (QED) is 0.784. The zero-order valence-electron chi connectivity index (χ0n) is 15.3. The van der Waals surface area contributed by atoms with Crippen LogP contribution in [0.3, 0.4) is 0 Å². The highest BCUT2D eigenvalue weighted by Crippen LogP contribution is 2.38. The number of benzene rings is 1. The Balaban J connectivity index is 2.35. The molecule has 3 N–H and O–H groups in total. The van der Waals surface area contributed by atoms with Gasteiger partial charge in [0.05, 0.1) is 22.7 Å². The number of piperidine rings is 1. The van der Waals surface area contributed by atoms with Crippen LogP contribution in [0, 0.1) is 0 Å². The zero-order chi connectivity index (χ0) is 19.0. The second-order valence-corrected chi connectivity index (χ2v) is 10.4. The minimum atomic E-state index is -3.78. The van der Waals surface area contributed by atoms with Crippen molar-refractivity contribution in [1.82, 2.24) is 4.72 Å². The smallest absolute Gasteiger partial charge is 0.244 e. The molecular weight excluding hydrogens is 383 g/mol. The third-order valence-electron chi connectivity index (χ3n) is 4.24. The average Bonchev–Trinajstić information content (AvgIpc) is 2.39. The first-order valence-electron chi connectivity index (χ1n) is 8.37. The van der Waals surface area contributed by atoms with E-state index < -0.39 is 10.0 Å². The number of quaternary nitrogens is 1. The molecule has 1 saturated heterocycles. The largest absolute Gasteiger partial charge is 0.491 e. The lowest BCUT2D eigenvalue weighted by molar-refractivity contribution is -0.787. The van der Waals surface area contributed by atoms with E-state index in [-0.39, 0.29) is 37.8 Å². The van der Waals surface area contributed by atoms with Crippen LogP contribution in [0.15, 0.2) is 17.0 Å². The van der Waals surface area contributed by atoms with Gasteiger partial charge in [0, 0.05) is 18.9 Å². The lowest BCUT2D eigenvalue weighted by Gasteiger charge is -2.43. The van der Waals surface area contributed by atoms with Crippen molar-refractivity contribution in [2.24, 2.45) is 0 Å². The monoisotopic (exact) mass is 409 g/mol. The van der Waals surface area contributed by atoms with Gasteiger partial charge in [-0.3, -0.25) is 0 Å². The Morgan fingerprint density at radius 3 is 2.28 bits per heavy atom. The van der Waals surface area contributed by atoms with E-state index in [9.17, 15) is 8.42 Å². The van der Waals surface area contributed by atoms with Gasteiger partial charge in [0.25, 0.3) is 0 Å². The molecule has 0 unspecified atom stereocenters. The second kappa shape index (κ2) is 7.24. The molecule has 1 heterocycles. The van der Waals surface area contributed by atoms with E-state index in [0.29, 0.717) is 6.61 Å². The highest BCUT2D eigenvalue weighted by atomic mass is 35.5. The molecule has 0 aromatic heterocycles. The van der Waals surface area contributed by atoms with Crippen LogP contribution in [0.2, 0.25) is 10.0 Å². The molecule has 1 aliphatic rings. The Morgan fingerprint density at radius 2 is 1.76 bits per heavy atom. The predicted octanol–water partition coefficient (Wildman–Crippen LogP) is 2.95. The Bertz CT molecular complexity index is 733. The van der Waals surface area contributed by atoms with Gasteiger partial charge >= 0.3 is 0 Å². The molecule has 1 fully saturated rings. The maximum Gasteiger partial charge on any atom is 0.244 e. The molecule has 0 spiro atoms. The fourth-order valence-electron chi connectivity index (χ4n) is 3.89. The number of nitrogens with two attached hydrogens (primary N) is 1. The average molecular weight is 410 g/mol. The number of rotatable bonds is 5. The molecule has 1 aromatic carbocycles. The van der Waals surface area contributed by atoms with Gasteiger partial charge in [-0.1, -0.05) is 23.2 Å². The summed E-state index contributed by atoms with van der Waals surface area (Å²) in [6.07, 6.45) is 1.47. The lowest BCUT2D eigenvalue weighted by atomic mass is 9.80. The molecule has 2 rings (SSSR count). The maximum atomic E-state index is 13.0. The molecule has 25 heavy (non-hydrogen) atoms. The van der Waals surface area contributed by atoms with Crippen LogP contribution < -0.4 is 14.8 Å². The van der Waals surface area contributed by atoms with E-state index in [0.717, 1.165) is 12.8 Å². The van der Waals surface area contributed by atoms with Crippen LogP contribution in [-0.4, -0.2) is 32.1 Å². The standard InChI is InChI=1S/C17H26Cl2N2O3S/c1-6-24-15-13(8-7-12(18)14(15)19)25(22,23)20-11-9-16(2,3)21-17(4,5)10-11/h7-8,11,20-21H,6,9-10H2,1-5H3/p+1. The zero-order valence-corrected chi connectivity index (χ0v) is 17.6. The van der Waals surface area contributed by atoms with Gasteiger partial charge in [-0.05, 0) is 46.8 Å². The van der Waals surface area contributed by atoms with Gasteiger partial charge in [0.1, 0.15) is 9.92 Å². The van der Waals surface area contributed by atoms with Crippen molar-refractivity contribution < 1.29 is 18.5 Å². The number of nitrogens with one attached hydrogen (secondary N) is 1. The van der Waals surface area contributed by atoms with Crippen molar-refractivity contribution in [2.75, 3.05) is 6.61 Å². The molecule has 0 saturated carbocycles. The topological polar surface area (TPSA) is 72.0 Å². The van der Waals surface area contributed by atoms with Crippen LogP contribution in [-0.2, 0) is 10.0 Å². The van der Waals surface area contributed by atoms with E-state index in [2.05, 4.69) is 37.7 Å². The van der Waals surface area contributed by atoms with Gasteiger partial charge in [-0.15, -0.1) is 0 Å². The number of ether oxygens (including phenoxy) is 1. The van der Waals surface area contributed by atoms with E-state index in [1.165, 1.54) is 12.1 Å². The van der Waals surface area contributed by atoms with E-state index in [1.807, 2.05) is 0 Å². The van der Waals surface area contributed by atoms with Gasteiger partial charge in [-0.2, -0.15) is 0 Å². The summed E-state index contributed by atoms with van der Waals surface area (Å²) >= 11 is 12.2. The first-order chi connectivity index (χ1) is 11.4. The van der Waals surface area contributed by atoms with Crippen molar-refractivity contribution in [3.8, 4) is 5.75 Å². The molecule has 5 nitrogen and oxygen atoms in total. The molecule has 0 radical (unpaired) electrons. The lowest BCUT2D eigenvalue weighted by Crippen LogP contribution is -3.06. The summed E-state index contributed by atoms with van der Waals surface area (Å²) in [6, 6.07) is 2.75. The molecule has 0 atom stereocenters. The third-order valence-corrected chi connectivity index (χ3v) is 6.57. The van der Waals surface area contributed by atoms with E-state index >= 15 is 0 Å². The van der Waals surface area contributed by atoms with Crippen LogP contribution in [0.1, 0.15) is 47.5 Å². The van der Waals surface area contributed by atoms with Crippen molar-refractivity contribution in [2.45, 2.75) is 69.5 Å². The Morgan fingerprint density at radius 1 is 1.20 bits per heavy atom. The predicted molar refractivity (Wildman–Crippen MR) is 101 cm³/mol. The summed E-state index contributed by atoms with van der Waals surface area (Å²) in [5.41, 5.74) is -0.0926. The summed E-state index contributed by atoms with van der Waals surface area (Å²) in [6.45, 7) is 10.6. The molecule has 1 aromatic rings. The summed E-state index contributed by atoms with van der Waals surface area (Å²) in [5.74, 6) is 0.102. The summed E-state index contributed by atoms with van der Waals surface area (Å²) in [7, 11) is -3.78. The van der Waals surface area contributed by atoms with Gasteiger partial charge in [-0.25, -0.2) is 13.1 Å². The number of halogens is 2. The van der Waals surface area contributed by atoms with Crippen LogP contribution in [0.4, 0.5) is 0 Å². The molecule has 8 heteroatoms. The number of hydrogen-bond acceptors (Lipinski definition) is 3. The summed E-state index contributed by atoms with van der Waals surface area (Å²) < 4.78 is 34.3. The van der Waals surface area contributed by atoms with Crippen molar-refractivity contribution >= 4 is 33.2 Å². The van der Waals surface area contributed by atoms with Crippen molar-refractivity contribution in [3.63, 3.8) is 0 Å². The van der Waals surface area contributed by atoms with Crippen molar-refractivity contribution in [3.05, 3.63) is 22.2 Å². The number of sulfonamides is 1.